The maximum absolute atomic E-state index is 10.1. The van der Waals surface area contributed by atoms with Crippen LogP contribution in [0.15, 0.2) is 85.1 Å². The van der Waals surface area contributed by atoms with Gasteiger partial charge in [0.2, 0.25) is 0 Å². The van der Waals surface area contributed by atoms with Gasteiger partial charge in [0, 0.05) is 6.20 Å². The number of hydrogen-bond donors (Lipinski definition) is 4. The van der Waals surface area contributed by atoms with Crippen LogP contribution in [0.2, 0.25) is 0 Å². The van der Waals surface area contributed by atoms with Crippen LogP contribution in [0.3, 0.4) is 0 Å². The molecule has 1 heterocycles. The summed E-state index contributed by atoms with van der Waals surface area (Å²) in [6.07, 6.45) is 1.64. The van der Waals surface area contributed by atoms with E-state index in [1.807, 2.05) is 38.1 Å². The molecule has 0 unspecified atom stereocenters. The maximum Gasteiger partial charge on any atom is 0.161 e. The van der Waals surface area contributed by atoms with Gasteiger partial charge < -0.3 is 25.1 Å². The largest absolute Gasteiger partial charge is 0.490 e. The highest BCUT2D eigenvalue weighted by Crippen LogP contribution is 2.41. The number of hydrazine groups is 1. The Bertz CT molecular complexity index is 1460. The van der Waals surface area contributed by atoms with Crippen LogP contribution in [0.4, 0.5) is 5.82 Å². The van der Waals surface area contributed by atoms with Crippen LogP contribution in [0.5, 0.6) is 11.5 Å². The number of rotatable bonds is 8. The highest BCUT2D eigenvalue weighted by atomic mass is 16.5. The molecular weight excluding hydrogens is 478 g/mol. The second-order valence-electron chi connectivity index (χ2n) is 8.51. The van der Waals surface area contributed by atoms with Gasteiger partial charge >= 0.3 is 0 Å². The molecule has 0 aliphatic carbocycles. The molecule has 0 fully saturated rings. The molecule has 4 aromatic carbocycles. The van der Waals surface area contributed by atoms with E-state index >= 15 is 0 Å². The van der Waals surface area contributed by atoms with E-state index < -0.39 is 0 Å². The quantitative estimate of drug-likeness (QED) is 0.154. The number of nitrogens with two attached hydrogens (primary N) is 1. The second kappa shape index (κ2) is 12.9. The van der Waals surface area contributed by atoms with Crippen molar-refractivity contribution in [3.05, 3.63) is 96.2 Å². The molecule has 0 saturated heterocycles. The minimum Gasteiger partial charge on any atom is -0.490 e. The summed E-state index contributed by atoms with van der Waals surface area (Å²) in [4.78, 5) is 4.15. The third kappa shape index (κ3) is 5.86. The van der Waals surface area contributed by atoms with E-state index in [-0.39, 0.29) is 13.2 Å². The van der Waals surface area contributed by atoms with Crippen molar-refractivity contribution in [1.82, 2.24) is 4.98 Å². The topological polar surface area (TPSA) is 110 Å². The third-order valence-electron chi connectivity index (χ3n) is 6.19. The first-order chi connectivity index (χ1) is 18.6. The number of nitrogens with one attached hydrogen (secondary N) is 1. The van der Waals surface area contributed by atoms with E-state index in [1.165, 1.54) is 10.8 Å². The summed E-state index contributed by atoms with van der Waals surface area (Å²) in [7, 11) is 0. The molecule has 0 aliphatic heterocycles. The third-order valence-corrected chi connectivity index (χ3v) is 6.19. The van der Waals surface area contributed by atoms with Crippen molar-refractivity contribution in [2.45, 2.75) is 27.1 Å². The van der Waals surface area contributed by atoms with Gasteiger partial charge in [-0.3, -0.25) is 0 Å². The first-order valence-electron chi connectivity index (χ1n) is 12.6. The molecule has 7 heteroatoms. The molecule has 5 rings (SSSR count). The Hall–Kier alpha value is -4.17. The van der Waals surface area contributed by atoms with E-state index in [0.29, 0.717) is 41.7 Å². The van der Waals surface area contributed by atoms with Gasteiger partial charge in [-0.05, 0) is 88.0 Å². The van der Waals surface area contributed by atoms with Gasteiger partial charge in [0.25, 0.3) is 0 Å². The lowest BCUT2D eigenvalue weighted by Crippen LogP contribution is -2.08. The van der Waals surface area contributed by atoms with Gasteiger partial charge in [-0.25, -0.2) is 10.8 Å². The molecule has 7 nitrogen and oxygen atoms in total. The van der Waals surface area contributed by atoms with Crippen molar-refractivity contribution in [2.24, 2.45) is 5.84 Å². The van der Waals surface area contributed by atoms with E-state index in [2.05, 4.69) is 58.9 Å². The summed E-state index contributed by atoms with van der Waals surface area (Å²) in [6, 6.07) is 26.0. The molecule has 5 aromatic rings. The van der Waals surface area contributed by atoms with Gasteiger partial charge in [-0.15, -0.1) is 0 Å². The van der Waals surface area contributed by atoms with Crippen LogP contribution in [-0.4, -0.2) is 28.4 Å². The van der Waals surface area contributed by atoms with Crippen molar-refractivity contribution in [2.75, 3.05) is 18.6 Å². The zero-order chi connectivity index (χ0) is 26.9. The average molecular weight is 512 g/mol. The van der Waals surface area contributed by atoms with Crippen molar-refractivity contribution < 1.29 is 19.7 Å². The van der Waals surface area contributed by atoms with Crippen LogP contribution in [0.1, 0.15) is 25.0 Å². The molecule has 0 spiro atoms. The van der Waals surface area contributed by atoms with Gasteiger partial charge in [0.15, 0.2) is 11.5 Å². The highest BCUT2D eigenvalue weighted by Gasteiger charge is 2.18. The molecule has 38 heavy (non-hydrogen) atoms. The zero-order valence-corrected chi connectivity index (χ0v) is 21.6. The molecule has 1 aromatic heterocycles. The van der Waals surface area contributed by atoms with Crippen molar-refractivity contribution >= 4 is 27.4 Å². The summed E-state index contributed by atoms with van der Waals surface area (Å²) < 4.78 is 11.5. The summed E-state index contributed by atoms with van der Waals surface area (Å²) >= 11 is 0. The minimum atomic E-state index is -0.216. The fourth-order valence-corrected chi connectivity index (χ4v) is 4.50. The van der Waals surface area contributed by atoms with Crippen LogP contribution >= 0.6 is 0 Å². The number of aliphatic hydroxyl groups is 2. The Balaban J connectivity index is 0.000000278. The molecular formula is C31H33N3O4. The summed E-state index contributed by atoms with van der Waals surface area (Å²) in [5, 5.41) is 24.3. The number of nitrogen functional groups attached to an aromatic ring is 1. The summed E-state index contributed by atoms with van der Waals surface area (Å²) in [5.74, 6) is 7.29. The fourth-order valence-electron chi connectivity index (χ4n) is 4.50. The molecule has 196 valence electrons. The van der Waals surface area contributed by atoms with Crippen LogP contribution in [-0.2, 0) is 13.2 Å². The number of aromatic nitrogens is 1. The number of benzene rings is 4. The van der Waals surface area contributed by atoms with Crippen LogP contribution in [0, 0.1) is 0 Å². The number of ether oxygens (including phenoxy) is 2. The average Bonchev–Trinajstić information content (AvgIpc) is 2.97. The Labute approximate surface area is 222 Å². The zero-order valence-electron chi connectivity index (χ0n) is 21.6. The molecule has 0 bridgehead atoms. The number of nitrogens with zero attached hydrogens (tertiary/aromatic N) is 1. The molecule has 5 N–H and O–H groups in total. The molecule has 0 radical (unpaired) electrons. The predicted molar refractivity (Wildman–Crippen MR) is 153 cm³/mol. The van der Waals surface area contributed by atoms with E-state index in [1.54, 1.807) is 12.3 Å². The number of pyridine rings is 1. The predicted octanol–water partition coefficient (Wildman–Crippen LogP) is 5.81. The van der Waals surface area contributed by atoms with E-state index in [0.717, 1.165) is 21.9 Å². The number of fused-ring (bicyclic) bond motifs is 2. The maximum atomic E-state index is 10.1. The Morgan fingerprint density at radius 3 is 1.89 bits per heavy atom. The summed E-state index contributed by atoms with van der Waals surface area (Å²) in [6.45, 7) is 4.43. The summed E-state index contributed by atoms with van der Waals surface area (Å²) in [5.41, 5.74) is 5.46. The second-order valence-corrected chi connectivity index (χ2v) is 8.51. The molecule has 0 aliphatic rings. The lowest BCUT2D eigenvalue weighted by Gasteiger charge is -2.19. The van der Waals surface area contributed by atoms with E-state index in [4.69, 9.17) is 15.3 Å². The number of anilines is 1. The molecule has 0 saturated carbocycles. The van der Waals surface area contributed by atoms with Crippen LogP contribution in [0.25, 0.3) is 32.7 Å². The van der Waals surface area contributed by atoms with Gasteiger partial charge in [0.05, 0.1) is 26.4 Å². The lowest BCUT2D eigenvalue weighted by atomic mass is 9.90. The van der Waals surface area contributed by atoms with E-state index in [9.17, 15) is 10.2 Å². The standard InChI is InChI=1S/C21H25N3O4.C10H8/c1-3-27-18-8-14-7-15(11-25)17(12-26)21(16(14)10-19(18)28-4-2)13-5-6-23-20(9-13)24-22;1-2-6-10-8-4-3-7-9(10)5-1/h5-10,25-26H,3-4,11-12,22H2,1-2H3,(H,23,24);1-8H. The lowest BCUT2D eigenvalue weighted by molar-refractivity contribution is 0.260. The SMILES string of the molecule is CCOc1cc2cc(CO)c(CO)c(-c3ccnc(NN)c3)c2cc1OCC.c1ccc2ccccc2c1. The molecule has 0 atom stereocenters. The van der Waals surface area contributed by atoms with Gasteiger partial charge in [-0.1, -0.05) is 48.5 Å². The molecule has 0 amide bonds. The van der Waals surface area contributed by atoms with Crippen molar-refractivity contribution in [3.8, 4) is 22.6 Å². The Kier molecular flexibility index (Phi) is 9.11. The Morgan fingerprint density at radius 1 is 0.763 bits per heavy atom. The smallest absolute Gasteiger partial charge is 0.161 e. The van der Waals surface area contributed by atoms with Crippen LogP contribution < -0.4 is 20.7 Å². The monoisotopic (exact) mass is 511 g/mol. The normalized spacial score (nSPS) is 10.7. The number of hydrogen-bond acceptors (Lipinski definition) is 7. The first-order valence-corrected chi connectivity index (χ1v) is 12.6. The highest BCUT2D eigenvalue weighted by molar-refractivity contribution is 6.01. The first kappa shape index (κ1) is 26.9. The fraction of sp³-hybridized carbons (Fsp3) is 0.194. The number of aliphatic hydroxyl groups excluding tert-OH is 2. The van der Waals surface area contributed by atoms with Crippen molar-refractivity contribution in [3.63, 3.8) is 0 Å². The Morgan fingerprint density at radius 2 is 1.37 bits per heavy atom. The van der Waals surface area contributed by atoms with Gasteiger partial charge in [-0.2, -0.15) is 0 Å². The minimum absolute atomic E-state index is 0.191. The van der Waals surface area contributed by atoms with Gasteiger partial charge in [0.1, 0.15) is 5.82 Å². The van der Waals surface area contributed by atoms with Crippen molar-refractivity contribution in [1.29, 1.82) is 0 Å².